The molecule has 0 fully saturated rings. The van der Waals surface area contributed by atoms with Crippen LogP contribution in [0.4, 0.5) is 17.1 Å². The molecule has 286 valence electrons. The van der Waals surface area contributed by atoms with Crippen LogP contribution < -0.4 is 4.90 Å². The molecule has 2 aliphatic rings. The first-order chi connectivity index (χ1) is 30.3. The highest BCUT2D eigenvalue weighted by Gasteiger charge is 2.47. The van der Waals surface area contributed by atoms with Crippen molar-refractivity contribution >= 4 is 27.8 Å². The molecule has 61 heavy (non-hydrogen) atoms. The van der Waals surface area contributed by atoms with E-state index in [1.807, 2.05) is 0 Å². The lowest BCUT2D eigenvalue weighted by molar-refractivity contribution is 0.768. The molecule has 0 unspecified atom stereocenters. The highest BCUT2D eigenvalue weighted by molar-refractivity contribution is 5.98. The summed E-state index contributed by atoms with van der Waals surface area (Å²) < 4.78 is 0. The fourth-order valence-electron chi connectivity index (χ4n) is 10.9. The molecule has 1 nitrogen and oxygen atoms in total. The molecule has 0 atom stereocenters. The van der Waals surface area contributed by atoms with Crippen molar-refractivity contribution in [1.29, 1.82) is 0 Å². The van der Waals surface area contributed by atoms with Crippen LogP contribution in [0, 0.1) is 0 Å². The zero-order valence-corrected chi connectivity index (χ0v) is 33.6. The van der Waals surface area contributed by atoms with Gasteiger partial charge in [0, 0.05) is 17.1 Å². The third-order valence-electron chi connectivity index (χ3n) is 13.4. The van der Waals surface area contributed by atoms with Crippen molar-refractivity contribution in [3.63, 3.8) is 0 Å². The van der Waals surface area contributed by atoms with E-state index in [0.29, 0.717) is 0 Å². The predicted octanol–water partition coefficient (Wildman–Crippen LogP) is 15.0. The lowest BCUT2D eigenvalue weighted by Gasteiger charge is -2.35. The van der Waals surface area contributed by atoms with Gasteiger partial charge in [0.1, 0.15) is 0 Å². The normalized spacial score (nSPS) is 13.8. The van der Waals surface area contributed by atoms with Crippen LogP contribution in [0.1, 0.15) is 44.5 Å². The fraction of sp³-hybridized carbons (Fsp3) is 0.0333. The first-order valence-corrected chi connectivity index (χ1v) is 21.3. The smallest absolute Gasteiger partial charge is 0.0714 e. The predicted molar refractivity (Wildman–Crippen MR) is 253 cm³/mol. The summed E-state index contributed by atoms with van der Waals surface area (Å²) in [5.41, 5.74) is 17.8. The molecule has 0 radical (unpaired) electrons. The van der Waals surface area contributed by atoms with Crippen LogP contribution >= 0.6 is 0 Å². The molecular formula is C60H41N. The van der Waals surface area contributed by atoms with Crippen LogP contribution in [0.15, 0.2) is 249 Å². The summed E-state index contributed by atoms with van der Waals surface area (Å²) in [6.45, 7) is 0. The molecular weight excluding hydrogens is 735 g/mol. The Morgan fingerprint density at radius 3 is 1.15 bits per heavy atom. The van der Waals surface area contributed by atoms with Crippen molar-refractivity contribution in [3.8, 4) is 22.3 Å². The maximum Gasteiger partial charge on any atom is 0.0714 e. The maximum atomic E-state index is 2.48. The third-order valence-corrected chi connectivity index (χ3v) is 13.4. The molecule has 0 aromatic heterocycles. The second-order valence-corrected chi connectivity index (χ2v) is 16.4. The molecule has 0 saturated carbocycles. The first kappa shape index (κ1) is 35.2. The van der Waals surface area contributed by atoms with Crippen LogP contribution in [-0.4, -0.2) is 0 Å². The molecule has 10 aromatic carbocycles. The van der Waals surface area contributed by atoms with Gasteiger partial charge < -0.3 is 4.90 Å². The minimum absolute atomic E-state index is 0.467. The zero-order valence-electron chi connectivity index (χ0n) is 33.6. The van der Waals surface area contributed by atoms with Gasteiger partial charge in [-0.15, -0.1) is 0 Å². The van der Waals surface area contributed by atoms with E-state index in [9.17, 15) is 0 Å². The maximum absolute atomic E-state index is 2.48. The second kappa shape index (κ2) is 13.9. The first-order valence-electron chi connectivity index (χ1n) is 21.3. The van der Waals surface area contributed by atoms with E-state index >= 15 is 0 Å². The van der Waals surface area contributed by atoms with Gasteiger partial charge in [0.2, 0.25) is 0 Å². The van der Waals surface area contributed by atoms with Gasteiger partial charge in [0.25, 0.3) is 0 Å². The van der Waals surface area contributed by atoms with Gasteiger partial charge in [-0.05, 0) is 126 Å². The minimum atomic E-state index is -0.496. The molecule has 10 aromatic rings. The van der Waals surface area contributed by atoms with Crippen molar-refractivity contribution < 1.29 is 0 Å². The molecule has 0 bridgehead atoms. The molecule has 0 aliphatic heterocycles. The summed E-state index contributed by atoms with van der Waals surface area (Å²) in [4.78, 5) is 2.44. The molecule has 12 rings (SSSR count). The Kier molecular flexibility index (Phi) is 8.05. The Hall–Kier alpha value is -7.74. The average Bonchev–Trinajstić information content (AvgIpc) is 3.80. The lowest BCUT2D eigenvalue weighted by Crippen LogP contribution is -2.28. The molecule has 0 spiro atoms. The monoisotopic (exact) mass is 775 g/mol. The quantitative estimate of drug-likeness (QED) is 0.156. The van der Waals surface area contributed by atoms with Gasteiger partial charge in [0.05, 0.1) is 10.8 Å². The minimum Gasteiger partial charge on any atom is -0.310 e. The van der Waals surface area contributed by atoms with E-state index in [1.165, 1.54) is 77.5 Å². The van der Waals surface area contributed by atoms with E-state index in [4.69, 9.17) is 0 Å². The Morgan fingerprint density at radius 2 is 0.623 bits per heavy atom. The van der Waals surface area contributed by atoms with Crippen LogP contribution in [-0.2, 0) is 10.8 Å². The van der Waals surface area contributed by atoms with Crippen molar-refractivity contribution in [2.75, 3.05) is 4.90 Å². The van der Waals surface area contributed by atoms with Crippen LogP contribution in [0.2, 0.25) is 0 Å². The van der Waals surface area contributed by atoms with Gasteiger partial charge in [-0.2, -0.15) is 0 Å². The zero-order chi connectivity index (χ0) is 40.4. The number of hydrogen-bond acceptors (Lipinski definition) is 1. The molecule has 2 aliphatic carbocycles. The fourth-order valence-corrected chi connectivity index (χ4v) is 10.9. The van der Waals surface area contributed by atoms with Crippen molar-refractivity contribution in [2.45, 2.75) is 10.8 Å². The summed E-state index contributed by atoms with van der Waals surface area (Å²) in [6.07, 6.45) is 0. The second-order valence-electron chi connectivity index (χ2n) is 16.4. The topological polar surface area (TPSA) is 3.24 Å². The molecule has 0 N–H and O–H groups in total. The largest absolute Gasteiger partial charge is 0.310 e. The van der Waals surface area contributed by atoms with Crippen molar-refractivity contribution in [1.82, 2.24) is 0 Å². The van der Waals surface area contributed by atoms with Crippen LogP contribution in [0.3, 0.4) is 0 Å². The van der Waals surface area contributed by atoms with Crippen molar-refractivity contribution in [2.24, 2.45) is 0 Å². The van der Waals surface area contributed by atoms with Gasteiger partial charge in [-0.25, -0.2) is 0 Å². The number of benzene rings is 10. The lowest BCUT2D eigenvalue weighted by atomic mass is 9.67. The Bertz CT molecular complexity index is 3150. The number of rotatable bonds is 7. The molecule has 0 heterocycles. The van der Waals surface area contributed by atoms with Gasteiger partial charge in [0.15, 0.2) is 0 Å². The summed E-state index contributed by atoms with van der Waals surface area (Å²) in [7, 11) is 0. The Labute approximate surface area is 357 Å². The van der Waals surface area contributed by atoms with E-state index in [-0.39, 0.29) is 0 Å². The Balaban J connectivity index is 1.09. The van der Waals surface area contributed by atoms with Crippen molar-refractivity contribution in [3.05, 3.63) is 293 Å². The number of nitrogens with zero attached hydrogens (tertiary/aromatic N) is 1. The SMILES string of the molecule is c1ccc(N(c2ccc3c(c2)C(c2ccccc2)(c2ccccc2)c2ccccc2-3)c2ccc3cc4c(cc3c2)C(c2ccccc2)(c2ccccc2)c2ccccc2-4)cc1. The van der Waals surface area contributed by atoms with Crippen LogP contribution in [0.25, 0.3) is 33.0 Å². The average molecular weight is 776 g/mol. The summed E-state index contributed by atoms with van der Waals surface area (Å²) in [5, 5.41) is 2.43. The van der Waals surface area contributed by atoms with Gasteiger partial charge >= 0.3 is 0 Å². The third kappa shape index (κ3) is 5.14. The summed E-state index contributed by atoms with van der Waals surface area (Å²) >= 11 is 0. The Morgan fingerprint density at radius 1 is 0.230 bits per heavy atom. The molecule has 1 heteroatoms. The van der Waals surface area contributed by atoms with E-state index in [1.54, 1.807) is 0 Å². The van der Waals surface area contributed by atoms with E-state index in [0.717, 1.165) is 17.1 Å². The van der Waals surface area contributed by atoms with E-state index in [2.05, 4.69) is 254 Å². The summed E-state index contributed by atoms with van der Waals surface area (Å²) in [6, 6.07) is 92.2. The van der Waals surface area contributed by atoms with E-state index < -0.39 is 10.8 Å². The molecule has 0 saturated heterocycles. The molecule has 0 amide bonds. The highest BCUT2D eigenvalue weighted by atomic mass is 15.1. The number of hydrogen-bond donors (Lipinski definition) is 0. The van der Waals surface area contributed by atoms with Gasteiger partial charge in [-0.3, -0.25) is 0 Å². The number of anilines is 3. The number of para-hydroxylation sites is 1. The van der Waals surface area contributed by atoms with Crippen LogP contribution in [0.5, 0.6) is 0 Å². The highest BCUT2D eigenvalue weighted by Crippen LogP contribution is 2.59. The summed E-state index contributed by atoms with van der Waals surface area (Å²) in [5.74, 6) is 0. The van der Waals surface area contributed by atoms with Gasteiger partial charge in [-0.1, -0.05) is 200 Å². The number of fused-ring (bicyclic) bond motifs is 7. The standard InChI is InChI=1S/C60H41N/c1-6-20-44(21-7-1)59(45-22-8-2-9-23-45)56-33-19-17-31-52(56)54-39-42-34-35-49(38-43(42)40-57(54)59)61(48-28-14-5-15-29-48)50-36-37-53-51-30-16-18-32-55(51)60(58(53)41-50,46-24-10-3-11-25-46)47-26-12-4-13-27-47/h1-41H.